The van der Waals surface area contributed by atoms with Gasteiger partial charge in [0.15, 0.2) is 0 Å². The van der Waals surface area contributed by atoms with Crippen molar-refractivity contribution in [3.05, 3.63) is 30.0 Å². The van der Waals surface area contributed by atoms with Crippen LogP contribution in [0.3, 0.4) is 0 Å². The molecule has 0 aromatic carbocycles. The number of methoxy groups -OCH3 is 1. The predicted molar refractivity (Wildman–Crippen MR) is 64.9 cm³/mol. The largest absolute Gasteiger partial charge is 0.481 e. The van der Waals surface area contributed by atoms with Crippen LogP contribution in [-0.4, -0.2) is 32.1 Å². The molecule has 7 heteroatoms. The smallest absolute Gasteiger partial charge is 0.216 e. The van der Waals surface area contributed by atoms with E-state index in [2.05, 4.69) is 27.2 Å². The van der Waals surface area contributed by atoms with E-state index in [0.29, 0.717) is 11.6 Å². The maximum Gasteiger partial charge on any atom is 0.216 e. The molecule has 2 aromatic rings. The molecular weight excluding hydrogens is 232 g/mol. The van der Waals surface area contributed by atoms with Crippen LogP contribution in [0, 0.1) is 0 Å². The first-order valence-electron chi connectivity index (χ1n) is 5.76. The SMILES string of the molecule is CCCn1nncc1C(N)c1cc(OC)ncn1. The van der Waals surface area contributed by atoms with E-state index >= 15 is 0 Å². The van der Waals surface area contributed by atoms with Crippen molar-refractivity contribution >= 4 is 0 Å². The number of rotatable bonds is 5. The zero-order valence-electron chi connectivity index (χ0n) is 10.4. The van der Waals surface area contributed by atoms with Crippen LogP contribution in [0.15, 0.2) is 18.6 Å². The van der Waals surface area contributed by atoms with Gasteiger partial charge in [0.25, 0.3) is 0 Å². The molecule has 0 aliphatic rings. The van der Waals surface area contributed by atoms with E-state index in [1.54, 1.807) is 24.1 Å². The Morgan fingerprint density at radius 3 is 3.00 bits per heavy atom. The normalized spacial score (nSPS) is 12.4. The number of ether oxygens (including phenoxy) is 1. The van der Waals surface area contributed by atoms with E-state index in [4.69, 9.17) is 10.5 Å². The van der Waals surface area contributed by atoms with Crippen LogP contribution in [0.25, 0.3) is 0 Å². The second-order valence-electron chi connectivity index (χ2n) is 3.84. The van der Waals surface area contributed by atoms with Gasteiger partial charge in [-0.3, -0.25) is 0 Å². The molecule has 2 heterocycles. The van der Waals surface area contributed by atoms with Crippen molar-refractivity contribution in [1.29, 1.82) is 0 Å². The Labute approximate surface area is 105 Å². The summed E-state index contributed by atoms with van der Waals surface area (Å²) in [6.07, 6.45) is 4.06. The highest BCUT2D eigenvalue weighted by atomic mass is 16.5. The predicted octanol–water partition coefficient (Wildman–Crippen LogP) is 0.535. The lowest BCUT2D eigenvalue weighted by molar-refractivity contribution is 0.395. The van der Waals surface area contributed by atoms with Crippen LogP contribution in [0.2, 0.25) is 0 Å². The van der Waals surface area contributed by atoms with Gasteiger partial charge in [-0.15, -0.1) is 5.10 Å². The summed E-state index contributed by atoms with van der Waals surface area (Å²) < 4.78 is 6.85. The van der Waals surface area contributed by atoms with Gasteiger partial charge in [-0.1, -0.05) is 12.1 Å². The van der Waals surface area contributed by atoms with E-state index < -0.39 is 0 Å². The summed E-state index contributed by atoms with van der Waals surface area (Å²) in [5.74, 6) is 0.491. The monoisotopic (exact) mass is 248 g/mol. The third kappa shape index (κ3) is 2.45. The van der Waals surface area contributed by atoms with Gasteiger partial charge >= 0.3 is 0 Å². The molecular formula is C11H16N6O. The van der Waals surface area contributed by atoms with Crippen molar-refractivity contribution in [3.8, 4) is 5.88 Å². The highest BCUT2D eigenvalue weighted by Crippen LogP contribution is 2.18. The van der Waals surface area contributed by atoms with Gasteiger partial charge in [0, 0.05) is 12.6 Å². The summed E-state index contributed by atoms with van der Waals surface area (Å²) in [6, 6.07) is 1.33. The lowest BCUT2D eigenvalue weighted by Crippen LogP contribution is -2.19. The lowest BCUT2D eigenvalue weighted by Gasteiger charge is -2.12. The Hall–Kier alpha value is -2.02. The van der Waals surface area contributed by atoms with Crippen LogP contribution in [0.4, 0.5) is 0 Å². The Kier molecular flexibility index (Phi) is 3.83. The summed E-state index contributed by atoms with van der Waals surface area (Å²) in [4.78, 5) is 8.11. The minimum Gasteiger partial charge on any atom is -0.481 e. The molecule has 1 atom stereocenters. The topological polar surface area (TPSA) is 91.7 Å². The van der Waals surface area contributed by atoms with Crippen LogP contribution < -0.4 is 10.5 Å². The molecule has 0 amide bonds. The molecule has 7 nitrogen and oxygen atoms in total. The number of aryl methyl sites for hydroxylation is 1. The van der Waals surface area contributed by atoms with Gasteiger partial charge in [-0.25, -0.2) is 14.6 Å². The van der Waals surface area contributed by atoms with E-state index in [-0.39, 0.29) is 6.04 Å². The molecule has 0 saturated heterocycles. The van der Waals surface area contributed by atoms with Gasteiger partial charge in [-0.2, -0.15) is 0 Å². The van der Waals surface area contributed by atoms with Crippen LogP contribution >= 0.6 is 0 Å². The van der Waals surface area contributed by atoms with Gasteiger partial charge in [-0.05, 0) is 6.42 Å². The number of hydrogen-bond donors (Lipinski definition) is 1. The van der Waals surface area contributed by atoms with Gasteiger partial charge in [0.2, 0.25) is 5.88 Å². The fourth-order valence-electron chi connectivity index (χ4n) is 1.68. The second kappa shape index (κ2) is 5.54. The van der Waals surface area contributed by atoms with E-state index in [0.717, 1.165) is 18.7 Å². The number of nitrogens with two attached hydrogens (primary N) is 1. The minimum atomic E-state index is -0.386. The molecule has 1 unspecified atom stereocenters. The highest BCUT2D eigenvalue weighted by Gasteiger charge is 2.16. The first-order chi connectivity index (χ1) is 8.76. The van der Waals surface area contributed by atoms with Crippen molar-refractivity contribution in [1.82, 2.24) is 25.0 Å². The first kappa shape index (κ1) is 12.4. The lowest BCUT2D eigenvalue weighted by atomic mass is 10.1. The van der Waals surface area contributed by atoms with Gasteiger partial charge in [0.05, 0.1) is 30.7 Å². The number of nitrogens with zero attached hydrogens (tertiary/aromatic N) is 5. The number of hydrogen-bond acceptors (Lipinski definition) is 6. The van der Waals surface area contributed by atoms with E-state index in [9.17, 15) is 0 Å². The van der Waals surface area contributed by atoms with Crippen LogP contribution in [-0.2, 0) is 6.54 Å². The second-order valence-corrected chi connectivity index (χ2v) is 3.84. The molecule has 2 rings (SSSR count). The molecule has 2 aromatic heterocycles. The quantitative estimate of drug-likeness (QED) is 0.830. The Morgan fingerprint density at radius 2 is 2.28 bits per heavy atom. The Bertz CT molecular complexity index is 512. The fourth-order valence-corrected chi connectivity index (χ4v) is 1.68. The summed E-state index contributed by atoms with van der Waals surface area (Å²) in [5.41, 5.74) is 7.68. The molecule has 0 radical (unpaired) electrons. The van der Waals surface area contributed by atoms with Crippen molar-refractivity contribution in [2.24, 2.45) is 5.73 Å². The Morgan fingerprint density at radius 1 is 1.44 bits per heavy atom. The van der Waals surface area contributed by atoms with Gasteiger partial charge in [0.1, 0.15) is 6.33 Å². The average Bonchev–Trinajstić information content (AvgIpc) is 2.86. The highest BCUT2D eigenvalue weighted by molar-refractivity contribution is 5.23. The fraction of sp³-hybridized carbons (Fsp3) is 0.455. The summed E-state index contributed by atoms with van der Waals surface area (Å²) in [6.45, 7) is 2.86. The Balaban J connectivity index is 2.29. The molecule has 0 bridgehead atoms. The number of aromatic nitrogens is 5. The molecule has 0 aliphatic carbocycles. The maximum absolute atomic E-state index is 6.17. The third-order valence-corrected chi connectivity index (χ3v) is 2.59. The van der Waals surface area contributed by atoms with Crippen molar-refractivity contribution in [2.75, 3.05) is 7.11 Å². The molecule has 0 saturated carbocycles. The zero-order valence-corrected chi connectivity index (χ0v) is 10.4. The van der Waals surface area contributed by atoms with E-state index in [1.165, 1.54) is 6.33 Å². The average molecular weight is 248 g/mol. The third-order valence-electron chi connectivity index (χ3n) is 2.59. The van der Waals surface area contributed by atoms with E-state index in [1.807, 2.05) is 0 Å². The first-order valence-corrected chi connectivity index (χ1v) is 5.76. The molecule has 0 fully saturated rings. The standard InChI is InChI=1S/C11H16N6O/c1-3-4-17-9(6-15-16-17)11(12)8-5-10(18-2)14-7-13-8/h5-7,11H,3-4,12H2,1-2H3. The van der Waals surface area contributed by atoms with Crippen LogP contribution in [0.1, 0.15) is 30.8 Å². The van der Waals surface area contributed by atoms with Crippen molar-refractivity contribution < 1.29 is 4.74 Å². The molecule has 18 heavy (non-hydrogen) atoms. The van der Waals surface area contributed by atoms with Crippen molar-refractivity contribution in [3.63, 3.8) is 0 Å². The van der Waals surface area contributed by atoms with Gasteiger partial charge < -0.3 is 10.5 Å². The summed E-state index contributed by atoms with van der Waals surface area (Å²) in [5, 5.41) is 7.90. The summed E-state index contributed by atoms with van der Waals surface area (Å²) in [7, 11) is 1.56. The molecule has 0 spiro atoms. The summed E-state index contributed by atoms with van der Waals surface area (Å²) >= 11 is 0. The molecule has 2 N–H and O–H groups in total. The molecule has 0 aliphatic heterocycles. The van der Waals surface area contributed by atoms with Crippen LogP contribution in [0.5, 0.6) is 5.88 Å². The minimum absolute atomic E-state index is 0.386. The molecule has 96 valence electrons. The maximum atomic E-state index is 6.17. The van der Waals surface area contributed by atoms with Crippen molar-refractivity contribution in [2.45, 2.75) is 25.9 Å². The zero-order chi connectivity index (χ0) is 13.0.